The molecule has 0 spiro atoms. The highest BCUT2D eigenvalue weighted by Crippen LogP contribution is 2.31. The highest BCUT2D eigenvalue weighted by Gasteiger charge is 2.31. The van der Waals surface area contributed by atoms with Crippen molar-refractivity contribution in [1.29, 1.82) is 5.26 Å². The Morgan fingerprint density at radius 1 is 1.62 bits per heavy atom. The predicted molar refractivity (Wildman–Crippen MR) is 79.6 cm³/mol. The molecule has 1 fully saturated rings. The Morgan fingerprint density at radius 3 is 3.14 bits per heavy atom. The number of halogens is 2. The van der Waals surface area contributed by atoms with Crippen LogP contribution >= 0.6 is 23.4 Å². The summed E-state index contributed by atoms with van der Waals surface area (Å²) in [4.78, 5) is 11.8. The van der Waals surface area contributed by atoms with Crippen LogP contribution in [0.1, 0.15) is 18.1 Å². The maximum absolute atomic E-state index is 13.5. The fourth-order valence-corrected chi connectivity index (χ4v) is 2.77. The minimum absolute atomic E-state index is 0.0604. The molecule has 1 aromatic rings. The summed E-state index contributed by atoms with van der Waals surface area (Å²) in [7, 11) is 0. The Balaban J connectivity index is 1.98. The van der Waals surface area contributed by atoms with Crippen molar-refractivity contribution in [2.75, 3.05) is 18.1 Å². The van der Waals surface area contributed by atoms with Crippen LogP contribution < -0.4 is 5.32 Å². The van der Waals surface area contributed by atoms with E-state index < -0.39 is 5.82 Å². The van der Waals surface area contributed by atoms with E-state index in [2.05, 4.69) is 5.32 Å². The van der Waals surface area contributed by atoms with Gasteiger partial charge in [0.2, 0.25) is 5.91 Å². The summed E-state index contributed by atoms with van der Waals surface area (Å²) in [5, 5.41) is 11.4. The third-order valence-corrected chi connectivity index (χ3v) is 4.22. The van der Waals surface area contributed by atoms with Crippen molar-refractivity contribution in [2.45, 2.75) is 18.6 Å². The van der Waals surface area contributed by atoms with Gasteiger partial charge in [0.15, 0.2) is 0 Å². The van der Waals surface area contributed by atoms with Crippen LogP contribution in [-0.2, 0) is 9.53 Å². The maximum Gasteiger partial charge on any atom is 0.230 e. The summed E-state index contributed by atoms with van der Waals surface area (Å²) in [5.41, 5.74) is 0.657. The average molecular weight is 329 g/mol. The first kappa shape index (κ1) is 16.1. The number of thioether (sulfide) groups is 1. The first-order valence-electron chi connectivity index (χ1n) is 6.42. The lowest BCUT2D eigenvalue weighted by Crippen LogP contribution is -2.37. The minimum atomic E-state index is -0.501. The van der Waals surface area contributed by atoms with Gasteiger partial charge in [-0.25, -0.2) is 4.39 Å². The standard InChI is InChI=1S/C14H14ClFN2O2S/c15-10-2-1-9(7-11(10)16)14-12(3-5-20-14)18-13(19)8-21-6-4-17/h1-2,7,12,14H,3,5-6,8H2,(H,18,19)/t12-,14+/m1/s1. The first-order valence-corrected chi connectivity index (χ1v) is 7.95. The van der Waals surface area contributed by atoms with E-state index in [9.17, 15) is 9.18 Å². The zero-order valence-electron chi connectivity index (χ0n) is 11.1. The number of nitrogens with one attached hydrogen (secondary N) is 1. The summed E-state index contributed by atoms with van der Waals surface area (Å²) >= 11 is 6.92. The van der Waals surface area contributed by atoms with E-state index in [0.717, 1.165) is 0 Å². The Hall–Kier alpha value is -1.29. The van der Waals surface area contributed by atoms with Gasteiger partial charge in [-0.1, -0.05) is 17.7 Å². The van der Waals surface area contributed by atoms with E-state index in [4.69, 9.17) is 21.6 Å². The molecule has 4 nitrogen and oxygen atoms in total. The van der Waals surface area contributed by atoms with Crippen LogP contribution in [0.15, 0.2) is 18.2 Å². The highest BCUT2D eigenvalue weighted by atomic mass is 35.5. The Morgan fingerprint density at radius 2 is 2.43 bits per heavy atom. The molecule has 2 atom stereocenters. The van der Waals surface area contributed by atoms with Crippen molar-refractivity contribution in [3.8, 4) is 6.07 Å². The van der Waals surface area contributed by atoms with Gasteiger partial charge >= 0.3 is 0 Å². The molecule has 21 heavy (non-hydrogen) atoms. The van der Waals surface area contributed by atoms with Crippen molar-refractivity contribution in [3.05, 3.63) is 34.6 Å². The Kier molecular flexibility index (Phi) is 5.85. The van der Waals surface area contributed by atoms with E-state index in [1.807, 2.05) is 6.07 Å². The number of hydrogen-bond acceptors (Lipinski definition) is 4. The quantitative estimate of drug-likeness (QED) is 0.844. The van der Waals surface area contributed by atoms with Crippen molar-refractivity contribution < 1.29 is 13.9 Å². The normalized spacial score (nSPS) is 21.0. The molecule has 2 rings (SSSR count). The largest absolute Gasteiger partial charge is 0.371 e. The van der Waals surface area contributed by atoms with Crippen LogP contribution in [-0.4, -0.2) is 30.1 Å². The van der Waals surface area contributed by atoms with Gasteiger partial charge in [-0.15, -0.1) is 11.8 Å². The summed E-state index contributed by atoms with van der Waals surface area (Å²) < 4.78 is 19.1. The van der Waals surface area contributed by atoms with Gasteiger partial charge in [0, 0.05) is 6.61 Å². The number of ether oxygens (including phenoxy) is 1. The SMILES string of the molecule is N#CCSCC(=O)N[C@@H]1CCO[C@H]1c1ccc(Cl)c(F)c1. The Bertz CT molecular complexity index is 564. The molecule has 0 radical (unpaired) electrons. The van der Waals surface area contributed by atoms with E-state index in [1.165, 1.54) is 23.9 Å². The second kappa shape index (κ2) is 7.64. The number of amides is 1. The molecule has 0 aromatic heterocycles. The van der Waals surface area contributed by atoms with Crippen LogP contribution in [0.5, 0.6) is 0 Å². The summed E-state index contributed by atoms with van der Waals surface area (Å²) in [6.07, 6.45) is 0.297. The maximum atomic E-state index is 13.5. The second-order valence-corrected chi connectivity index (χ2v) is 5.97. The number of benzene rings is 1. The molecule has 7 heteroatoms. The lowest BCUT2D eigenvalue weighted by atomic mass is 10.0. The molecule has 1 aromatic carbocycles. The number of nitriles is 1. The van der Waals surface area contributed by atoms with E-state index in [-0.39, 0.29) is 34.6 Å². The van der Waals surface area contributed by atoms with Gasteiger partial charge in [-0.2, -0.15) is 5.26 Å². The van der Waals surface area contributed by atoms with E-state index >= 15 is 0 Å². The smallest absolute Gasteiger partial charge is 0.230 e. The van der Waals surface area contributed by atoms with Gasteiger partial charge in [-0.3, -0.25) is 4.79 Å². The van der Waals surface area contributed by atoms with Gasteiger partial charge in [-0.05, 0) is 24.1 Å². The third kappa shape index (κ3) is 4.34. The Labute approximate surface area is 131 Å². The molecule has 112 valence electrons. The van der Waals surface area contributed by atoms with Crippen LogP contribution in [0.2, 0.25) is 5.02 Å². The van der Waals surface area contributed by atoms with Crippen molar-refractivity contribution in [3.63, 3.8) is 0 Å². The van der Waals surface area contributed by atoms with E-state index in [0.29, 0.717) is 18.6 Å². The van der Waals surface area contributed by atoms with Gasteiger partial charge < -0.3 is 10.1 Å². The molecule has 1 saturated heterocycles. The number of nitrogens with zero attached hydrogens (tertiary/aromatic N) is 1. The topological polar surface area (TPSA) is 62.1 Å². The monoisotopic (exact) mass is 328 g/mol. The molecule has 1 aliphatic heterocycles. The number of rotatable bonds is 5. The molecule has 0 aliphatic carbocycles. The lowest BCUT2D eigenvalue weighted by Gasteiger charge is -2.20. The zero-order chi connectivity index (χ0) is 15.2. The van der Waals surface area contributed by atoms with Crippen LogP contribution in [0.25, 0.3) is 0 Å². The molecule has 1 heterocycles. The average Bonchev–Trinajstić information content (AvgIpc) is 2.90. The first-order chi connectivity index (χ1) is 10.1. The summed E-state index contributed by atoms with van der Waals surface area (Å²) in [6, 6.07) is 6.29. The lowest BCUT2D eigenvalue weighted by molar-refractivity contribution is -0.119. The van der Waals surface area contributed by atoms with Crippen molar-refractivity contribution in [2.24, 2.45) is 0 Å². The number of carbonyl (C=O) groups excluding carboxylic acids is 1. The van der Waals surface area contributed by atoms with Crippen molar-refractivity contribution >= 4 is 29.3 Å². The molecular weight excluding hydrogens is 315 g/mol. The van der Waals surface area contributed by atoms with Crippen LogP contribution in [0, 0.1) is 17.1 Å². The summed E-state index contributed by atoms with van der Waals surface area (Å²) in [5.74, 6) is -0.142. The highest BCUT2D eigenvalue weighted by molar-refractivity contribution is 8.00. The van der Waals surface area contributed by atoms with Crippen LogP contribution in [0.4, 0.5) is 4.39 Å². The second-order valence-electron chi connectivity index (χ2n) is 4.58. The molecular formula is C14H14ClFN2O2S. The number of hydrogen-bond donors (Lipinski definition) is 1. The van der Waals surface area contributed by atoms with Crippen molar-refractivity contribution in [1.82, 2.24) is 5.32 Å². The van der Waals surface area contributed by atoms with Gasteiger partial charge in [0.05, 0.1) is 28.6 Å². The third-order valence-electron chi connectivity index (χ3n) is 3.11. The molecule has 1 amide bonds. The van der Waals surface area contributed by atoms with Gasteiger partial charge in [0.25, 0.3) is 0 Å². The number of carbonyl (C=O) groups is 1. The fraction of sp³-hybridized carbons (Fsp3) is 0.429. The van der Waals surface area contributed by atoms with E-state index in [1.54, 1.807) is 6.07 Å². The molecule has 1 N–H and O–H groups in total. The minimum Gasteiger partial charge on any atom is -0.371 e. The molecule has 0 saturated carbocycles. The summed E-state index contributed by atoms with van der Waals surface area (Å²) in [6.45, 7) is 0.505. The fourth-order valence-electron chi connectivity index (χ4n) is 2.19. The molecule has 0 unspecified atom stereocenters. The van der Waals surface area contributed by atoms with Crippen LogP contribution in [0.3, 0.4) is 0 Å². The molecule has 0 bridgehead atoms. The predicted octanol–water partition coefficient (Wildman–Crippen LogP) is 2.68. The molecule has 1 aliphatic rings. The zero-order valence-corrected chi connectivity index (χ0v) is 12.7. The van der Waals surface area contributed by atoms with Gasteiger partial charge in [0.1, 0.15) is 11.9 Å².